The first kappa shape index (κ1) is 11.4. The molecule has 0 bridgehead atoms. The zero-order valence-corrected chi connectivity index (χ0v) is 8.53. The smallest absolute Gasteiger partial charge is 0.435 e. The minimum atomic E-state index is -4.46. The summed E-state index contributed by atoms with van der Waals surface area (Å²) in [7, 11) is 0. The van der Waals surface area contributed by atoms with Crippen molar-refractivity contribution in [3.8, 4) is 0 Å². The van der Waals surface area contributed by atoms with Gasteiger partial charge in [-0.2, -0.15) is 13.2 Å². The van der Waals surface area contributed by atoms with Crippen molar-refractivity contribution in [1.82, 2.24) is 10.2 Å². The first-order valence-electron chi connectivity index (χ1n) is 4.71. The summed E-state index contributed by atoms with van der Waals surface area (Å²) in [4.78, 5) is 0. The van der Waals surface area contributed by atoms with Gasteiger partial charge in [0.2, 0.25) is 0 Å². The van der Waals surface area contributed by atoms with Gasteiger partial charge in [0.05, 0.1) is 12.5 Å². The molecule has 0 amide bonds. The lowest BCUT2D eigenvalue weighted by atomic mass is 10.3. The first-order chi connectivity index (χ1) is 8.05. The molecule has 1 N–H and O–H groups in total. The summed E-state index contributed by atoms with van der Waals surface area (Å²) >= 11 is 0. The van der Waals surface area contributed by atoms with Crippen LogP contribution in [0.5, 0.6) is 0 Å². The summed E-state index contributed by atoms with van der Waals surface area (Å²) < 4.78 is 41.4. The predicted octanol–water partition coefficient (Wildman–Crippen LogP) is 2.70. The van der Waals surface area contributed by atoms with Gasteiger partial charge < -0.3 is 9.73 Å². The van der Waals surface area contributed by atoms with Gasteiger partial charge in [-0.05, 0) is 18.2 Å². The summed E-state index contributed by atoms with van der Waals surface area (Å²) in [6, 6.07) is 3.85. The molecule has 90 valence electrons. The summed E-state index contributed by atoms with van der Waals surface area (Å²) in [5.41, 5.74) is -0.141. The minimum absolute atomic E-state index is 0.277. The third-order valence-corrected chi connectivity index (χ3v) is 2.01. The van der Waals surface area contributed by atoms with Crippen LogP contribution in [0.15, 0.2) is 35.1 Å². The van der Waals surface area contributed by atoms with Gasteiger partial charge in [0.15, 0.2) is 5.69 Å². The van der Waals surface area contributed by atoms with Crippen molar-refractivity contribution < 1.29 is 17.6 Å². The number of alkyl halides is 3. The van der Waals surface area contributed by atoms with Crippen LogP contribution in [-0.2, 0) is 12.7 Å². The van der Waals surface area contributed by atoms with Gasteiger partial charge in [-0.3, -0.25) is 0 Å². The van der Waals surface area contributed by atoms with Crippen molar-refractivity contribution in [1.29, 1.82) is 0 Å². The van der Waals surface area contributed by atoms with Crippen LogP contribution in [0.3, 0.4) is 0 Å². The normalized spacial score (nSPS) is 11.5. The Kier molecular flexibility index (Phi) is 2.99. The molecule has 0 aliphatic rings. The number of furan rings is 1. The van der Waals surface area contributed by atoms with Crippen molar-refractivity contribution >= 4 is 5.82 Å². The third kappa shape index (κ3) is 2.96. The number of hydrogen-bond donors (Lipinski definition) is 1. The second-order valence-corrected chi connectivity index (χ2v) is 3.29. The van der Waals surface area contributed by atoms with E-state index in [9.17, 15) is 13.2 Å². The molecule has 0 atom stereocenters. The Bertz CT molecular complexity index is 465. The van der Waals surface area contributed by atoms with Crippen LogP contribution in [0, 0.1) is 0 Å². The van der Waals surface area contributed by atoms with Crippen LogP contribution in [0.4, 0.5) is 19.0 Å². The highest BCUT2D eigenvalue weighted by atomic mass is 19.4. The van der Waals surface area contributed by atoms with E-state index in [1.165, 1.54) is 18.6 Å². The number of anilines is 1. The van der Waals surface area contributed by atoms with Gasteiger partial charge in [0.25, 0.3) is 0 Å². The van der Waals surface area contributed by atoms with Crippen LogP contribution in [0.25, 0.3) is 0 Å². The fourth-order valence-corrected chi connectivity index (χ4v) is 1.16. The maximum absolute atomic E-state index is 12.2. The molecule has 0 saturated carbocycles. The fourth-order valence-electron chi connectivity index (χ4n) is 1.16. The first-order valence-corrected chi connectivity index (χ1v) is 4.71. The molecule has 0 unspecified atom stereocenters. The highest BCUT2D eigenvalue weighted by molar-refractivity contribution is 5.34. The molecule has 0 aliphatic carbocycles. The lowest BCUT2D eigenvalue weighted by Crippen LogP contribution is -2.10. The predicted molar refractivity (Wildman–Crippen MR) is 53.1 cm³/mol. The molecule has 17 heavy (non-hydrogen) atoms. The number of hydrogen-bond acceptors (Lipinski definition) is 4. The summed E-state index contributed by atoms with van der Waals surface area (Å²) in [6.07, 6.45) is -1.42. The van der Waals surface area contributed by atoms with Crippen molar-refractivity contribution in [2.24, 2.45) is 0 Å². The average Bonchev–Trinajstić information content (AvgIpc) is 2.78. The highest BCUT2D eigenvalue weighted by Gasteiger charge is 2.32. The van der Waals surface area contributed by atoms with Crippen molar-refractivity contribution in [2.45, 2.75) is 12.7 Å². The molecule has 2 aromatic rings. The molecule has 0 fully saturated rings. The number of nitrogens with zero attached hydrogens (tertiary/aromatic N) is 2. The summed E-state index contributed by atoms with van der Waals surface area (Å²) in [5.74, 6) is 0.277. The highest BCUT2D eigenvalue weighted by Crippen LogP contribution is 2.27. The number of halogens is 3. The molecular formula is C10H8F3N3O. The van der Waals surface area contributed by atoms with Crippen LogP contribution in [0.1, 0.15) is 11.3 Å². The van der Waals surface area contributed by atoms with Crippen molar-refractivity contribution in [2.75, 3.05) is 5.32 Å². The van der Waals surface area contributed by atoms with Crippen molar-refractivity contribution in [3.05, 3.63) is 42.0 Å². The lowest BCUT2D eigenvalue weighted by molar-refractivity contribution is -0.141. The number of aromatic nitrogens is 2. The second-order valence-electron chi connectivity index (χ2n) is 3.29. The van der Waals surface area contributed by atoms with Crippen LogP contribution in [-0.4, -0.2) is 10.2 Å². The monoisotopic (exact) mass is 243 g/mol. The molecule has 0 saturated heterocycles. The van der Waals surface area contributed by atoms with Gasteiger partial charge in [-0.25, -0.2) is 0 Å². The third-order valence-electron chi connectivity index (χ3n) is 2.01. The van der Waals surface area contributed by atoms with E-state index in [1.54, 1.807) is 6.07 Å². The van der Waals surface area contributed by atoms with Crippen LogP contribution < -0.4 is 5.32 Å². The molecule has 0 spiro atoms. The topological polar surface area (TPSA) is 51.0 Å². The Morgan fingerprint density at radius 1 is 1.18 bits per heavy atom. The summed E-state index contributed by atoms with van der Waals surface area (Å²) in [5, 5.41) is 9.35. The molecule has 0 aliphatic heterocycles. The van der Waals surface area contributed by atoms with E-state index in [0.717, 1.165) is 11.6 Å². The van der Waals surface area contributed by atoms with E-state index in [1.807, 2.05) is 0 Å². The molecule has 0 aromatic carbocycles. The van der Waals surface area contributed by atoms with E-state index < -0.39 is 11.9 Å². The minimum Gasteiger partial charge on any atom is -0.472 e. The maximum Gasteiger partial charge on any atom is 0.435 e. The molecule has 2 heterocycles. The van der Waals surface area contributed by atoms with E-state index in [4.69, 9.17) is 4.42 Å². The van der Waals surface area contributed by atoms with E-state index >= 15 is 0 Å². The zero-order valence-electron chi connectivity index (χ0n) is 8.53. The Hall–Kier alpha value is -2.05. The van der Waals surface area contributed by atoms with Gasteiger partial charge in [-0.1, -0.05) is 0 Å². The Morgan fingerprint density at radius 2 is 2.00 bits per heavy atom. The number of nitrogens with one attached hydrogen (secondary N) is 1. The van der Waals surface area contributed by atoms with Gasteiger partial charge in [-0.15, -0.1) is 10.2 Å². The largest absolute Gasteiger partial charge is 0.472 e. The van der Waals surface area contributed by atoms with Gasteiger partial charge in [0, 0.05) is 12.1 Å². The van der Waals surface area contributed by atoms with E-state index in [-0.39, 0.29) is 5.82 Å². The van der Waals surface area contributed by atoms with Crippen molar-refractivity contribution in [3.63, 3.8) is 0 Å². The molecule has 2 rings (SSSR count). The quantitative estimate of drug-likeness (QED) is 0.900. The molecule has 7 heteroatoms. The Labute approximate surface area is 94.5 Å². The molecule has 2 aromatic heterocycles. The summed E-state index contributed by atoms with van der Waals surface area (Å²) in [6.45, 7) is 0.413. The molecule has 0 radical (unpaired) electrons. The zero-order chi connectivity index (χ0) is 12.3. The average molecular weight is 243 g/mol. The Balaban J connectivity index is 1.99. The fraction of sp³-hybridized carbons (Fsp3) is 0.200. The second kappa shape index (κ2) is 4.44. The molecular weight excluding hydrogens is 235 g/mol. The maximum atomic E-state index is 12.2. The lowest BCUT2D eigenvalue weighted by Gasteiger charge is -2.06. The van der Waals surface area contributed by atoms with Crippen LogP contribution in [0.2, 0.25) is 0 Å². The van der Waals surface area contributed by atoms with E-state index in [0.29, 0.717) is 6.54 Å². The van der Waals surface area contributed by atoms with E-state index in [2.05, 4.69) is 15.5 Å². The SMILES string of the molecule is FC(F)(F)c1ccc(NCc2ccoc2)nn1. The standard InChI is InChI=1S/C10H8F3N3O/c11-10(12,13)8-1-2-9(16-15-8)14-5-7-3-4-17-6-7/h1-4,6H,5H2,(H,14,16). The van der Waals surface area contributed by atoms with Gasteiger partial charge >= 0.3 is 6.18 Å². The Morgan fingerprint density at radius 3 is 2.53 bits per heavy atom. The van der Waals surface area contributed by atoms with Crippen LogP contribution >= 0.6 is 0 Å². The number of rotatable bonds is 3. The molecule has 4 nitrogen and oxygen atoms in total. The van der Waals surface area contributed by atoms with Gasteiger partial charge in [0.1, 0.15) is 5.82 Å².